The number of anilines is 1. The summed E-state index contributed by atoms with van der Waals surface area (Å²) in [6.07, 6.45) is 6.16. The summed E-state index contributed by atoms with van der Waals surface area (Å²) in [5, 5.41) is 4.76. The van der Waals surface area contributed by atoms with Crippen molar-refractivity contribution < 1.29 is 18.1 Å². The van der Waals surface area contributed by atoms with Gasteiger partial charge in [0.2, 0.25) is 11.8 Å². The minimum Gasteiger partial charge on any atom is -0.356 e. The van der Waals surface area contributed by atoms with E-state index in [1.807, 2.05) is 0 Å². The molecule has 4 aromatic rings. The quantitative estimate of drug-likeness (QED) is 0.314. The number of carbonyl (C=O) groups excluding carboxylic acids is 1. The summed E-state index contributed by atoms with van der Waals surface area (Å²) >= 11 is 0. The lowest BCUT2D eigenvalue weighted by Gasteiger charge is -2.32. The predicted octanol–water partition coefficient (Wildman–Crippen LogP) is 5.42. The molecule has 4 heterocycles. The van der Waals surface area contributed by atoms with Crippen molar-refractivity contribution >= 4 is 22.6 Å². The van der Waals surface area contributed by atoms with Crippen LogP contribution in [0.5, 0.6) is 0 Å². The van der Waals surface area contributed by atoms with E-state index in [9.17, 15) is 9.18 Å². The summed E-state index contributed by atoms with van der Waals surface area (Å²) in [7, 11) is 0. The standard InChI is InChI=1S/C29H30F2N6O2/c1-2-4-25-34-28(35-39-25)18-8-11-36(12-9-18)29-23-15-21(30)14-22(27(23)32-17-33-29)19-6-7-20(24(31)13-19)16-37-10-3-5-26(37)38/h6-7,13-15,17-18H,2-5,8-12,16H2,1H3. The van der Waals surface area contributed by atoms with Gasteiger partial charge in [-0.05, 0) is 49.4 Å². The predicted molar refractivity (Wildman–Crippen MR) is 142 cm³/mol. The fourth-order valence-electron chi connectivity index (χ4n) is 5.61. The highest BCUT2D eigenvalue weighted by atomic mass is 19.1. The maximum Gasteiger partial charge on any atom is 0.226 e. The summed E-state index contributed by atoms with van der Waals surface area (Å²) in [6, 6.07) is 7.66. The van der Waals surface area contributed by atoms with Crippen molar-refractivity contribution in [3.05, 3.63) is 65.6 Å². The van der Waals surface area contributed by atoms with Gasteiger partial charge in [-0.25, -0.2) is 18.7 Å². The third kappa shape index (κ3) is 5.07. The number of rotatable bonds is 7. The average molecular weight is 533 g/mol. The van der Waals surface area contributed by atoms with Crippen molar-refractivity contribution in [3.63, 3.8) is 0 Å². The Hall–Kier alpha value is -3.95. The van der Waals surface area contributed by atoms with E-state index in [0.717, 1.165) is 37.9 Å². The largest absolute Gasteiger partial charge is 0.356 e. The summed E-state index contributed by atoms with van der Waals surface area (Å²) in [5.41, 5.74) is 2.03. The first-order chi connectivity index (χ1) is 19.0. The molecule has 0 atom stereocenters. The Kier molecular flexibility index (Phi) is 6.93. The molecule has 2 aromatic carbocycles. The Morgan fingerprint density at radius 1 is 1.08 bits per heavy atom. The number of hydrogen-bond acceptors (Lipinski definition) is 7. The highest BCUT2D eigenvalue weighted by Crippen LogP contribution is 2.36. The number of amides is 1. The van der Waals surface area contributed by atoms with E-state index in [1.54, 1.807) is 17.0 Å². The SMILES string of the molecule is CCCc1nc(C2CCN(c3ncnc4c(-c5ccc(CN6CCCC6=O)c(F)c5)cc(F)cc34)CC2)no1. The van der Waals surface area contributed by atoms with Crippen molar-refractivity contribution in [3.8, 4) is 11.1 Å². The normalized spacial score (nSPS) is 16.5. The molecule has 0 aliphatic carbocycles. The fourth-order valence-corrected chi connectivity index (χ4v) is 5.61. The summed E-state index contributed by atoms with van der Waals surface area (Å²) in [5.74, 6) is 1.46. The Balaban J connectivity index is 1.26. The number of aromatic nitrogens is 4. The van der Waals surface area contributed by atoms with Crippen molar-refractivity contribution in [1.29, 1.82) is 0 Å². The molecular weight excluding hydrogens is 502 g/mol. The molecule has 2 aliphatic heterocycles. The van der Waals surface area contributed by atoms with E-state index < -0.39 is 11.6 Å². The number of carbonyl (C=O) groups is 1. The number of halogens is 2. The van der Waals surface area contributed by atoms with E-state index in [0.29, 0.717) is 65.4 Å². The second kappa shape index (κ2) is 10.7. The van der Waals surface area contributed by atoms with Gasteiger partial charge < -0.3 is 14.3 Å². The Morgan fingerprint density at radius 2 is 1.92 bits per heavy atom. The number of fused-ring (bicyclic) bond motifs is 1. The molecule has 0 unspecified atom stereocenters. The first-order valence-corrected chi connectivity index (χ1v) is 13.6. The van der Waals surface area contributed by atoms with Crippen molar-refractivity contribution in [2.45, 2.75) is 57.9 Å². The molecule has 2 aromatic heterocycles. The van der Waals surface area contributed by atoms with E-state index >= 15 is 4.39 Å². The molecule has 8 nitrogen and oxygen atoms in total. The third-order valence-corrected chi connectivity index (χ3v) is 7.69. The molecule has 0 saturated carbocycles. The molecule has 10 heteroatoms. The molecule has 0 bridgehead atoms. The maximum atomic E-state index is 15.1. The smallest absolute Gasteiger partial charge is 0.226 e. The van der Waals surface area contributed by atoms with Crippen LogP contribution in [0.1, 0.15) is 62.2 Å². The van der Waals surface area contributed by atoms with Crippen LogP contribution >= 0.6 is 0 Å². The molecule has 6 rings (SSSR count). The van der Waals surface area contributed by atoms with Crippen LogP contribution in [0.4, 0.5) is 14.6 Å². The Labute approximate surface area is 225 Å². The van der Waals surface area contributed by atoms with E-state index in [2.05, 4.69) is 31.9 Å². The number of aryl methyl sites for hydroxylation is 1. The molecule has 39 heavy (non-hydrogen) atoms. The number of benzene rings is 2. The maximum absolute atomic E-state index is 15.1. The van der Waals surface area contributed by atoms with Crippen molar-refractivity contribution in [1.82, 2.24) is 25.0 Å². The van der Waals surface area contributed by atoms with Crippen molar-refractivity contribution in [2.75, 3.05) is 24.5 Å². The molecule has 1 amide bonds. The number of nitrogens with zero attached hydrogens (tertiary/aromatic N) is 6. The molecule has 0 radical (unpaired) electrons. The van der Waals surface area contributed by atoms with Gasteiger partial charge in [0.25, 0.3) is 0 Å². The van der Waals surface area contributed by atoms with Crippen LogP contribution in [-0.4, -0.2) is 50.5 Å². The zero-order valence-electron chi connectivity index (χ0n) is 21.9. The number of hydrogen-bond donors (Lipinski definition) is 0. The van der Waals surface area contributed by atoms with Crippen molar-refractivity contribution in [2.24, 2.45) is 0 Å². The lowest BCUT2D eigenvalue weighted by atomic mass is 9.95. The first-order valence-electron chi connectivity index (χ1n) is 13.6. The zero-order valence-corrected chi connectivity index (χ0v) is 21.9. The number of piperidine rings is 1. The number of likely N-dealkylation sites (tertiary alicyclic amines) is 1. The minimum absolute atomic E-state index is 0.0430. The van der Waals surface area contributed by atoms with Gasteiger partial charge >= 0.3 is 0 Å². The molecule has 2 aliphatic rings. The summed E-state index contributed by atoms with van der Waals surface area (Å²) in [4.78, 5) is 29.3. The van der Waals surface area contributed by atoms with Gasteiger partial charge in [0.15, 0.2) is 5.82 Å². The van der Waals surface area contributed by atoms with Gasteiger partial charge in [-0.1, -0.05) is 24.2 Å². The fraction of sp³-hybridized carbons (Fsp3) is 0.414. The van der Waals surface area contributed by atoms with Gasteiger partial charge in [0.1, 0.15) is 23.8 Å². The lowest BCUT2D eigenvalue weighted by Crippen LogP contribution is -2.34. The van der Waals surface area contributed by atoms with Crippen LogP contribution in [0.3, 0.4) is 0 Å². The zero-order chi connectivity index (χ0) is 26.9. The van der Waals surface area contributed by atoms with Gasteiger partial charge in [-0.3, -0.25) is 4.79 Å². The molecule has 0 spiro atoms. The molecule has 202 valence electrons. The third-order valence-electron chi connectivity index (χ3n) is 7.69. The highest BCUT2D eigenvalue weighted by Gasteiger charge is 2.27. The molecular formula is C29H30F2N6O2. The summed E-state index contributed by atoms with van der Waals surface area (Å²) < 4.78 is 35.4. The highest BCUT2D eigenvalue weighted by molar-refractivity contribution is 5.99. The van der Waals surface area contributed by atoms with Crippen LogP contribution in [0.25, 0.3) is 22.0 Å². The lowest BCUT2D eigenvalue weighted by molar-refractivity contribution is -0.128. The van der Waals surface area contributed by atoms with Crippen LogP contribution < -0.4 is 4.90 Å². The second-order valence-corrected chi connectivity index (χ2v) is 10.3. The first kappa shape index (κ1) is 25.3. The second-order valence-electron chi connectivity index (χ2n) is 10.3. The van der Waals surface area contributed by atoms with E-state index in [-0.39, 0.29) is 18.4 Å². The van der Waals surface area contributed by atoms with Crippen LogP contribution in [0.2, 0.25) is 0 Å². The topological polar surface area (TPSA) is 88.3 Å². The van der Waals surface area contributed by atoms with Gasteiger partial charge in [0.05, 0.1) is 5.52 Å². The van der Waals surface area contributed by atoms with E-state index in [4.69, 9.17) is 4.52 Å². The van der Waals surface area contributed by atoms with Crippen LogP contribution in [-0.2, 0) is 17.8 Å². The monoisotopic (exact) mass is 532 g/mol. The Morgan fingerprint density at radius 3 is 2.67 bits per heavy atom. The van der Waals surface area contributed by atoms with E-state index in [1.165, 1.54) is 24.5 Å². The molecule has 0 N–H and O–H groups in total. The van der Waals surface area contributed by atoms with Crippen LogP contribution in [0.15, 0.2) is 41.2 Å². The minimum atomic E-state index is -0.439. The molecule has 2 saturated heterocycles. The molecule has 2 fully saturated rings. The summed E-state index contributed by atoms with van der Waals surface area (Å²) in [6.45, 7) is 4.37. The van der Waals surface area contributed by atoms with Gasteiger partial charge in [-0.15, -0.1) is 0 Å². The van der Waals surface area contributed by atoms with Gasteiger partial charge in [0, 0.05) is 61.5 Å². The Bertz CT molecular complexity index is 1520. The average Bonchev–Trinajstić information content (AvgIpc) is 3.58. The van der Waals surface area contributed by atoms with Gasteiger partial charge in [-0.2, -0.15) is 4.98 Å². The van der Waals surface area contributed by atoms with Crippen LogP contribution in [0, 0.1) is 11.6 Å².